The van der Waals surface area contributed by atoms with Gasteiger partial charge in [0.2, 0.25) is 5.89 Å². The van der Waals surface area contributed by atoms with E-state index in [1.807, 2.05) is 22.7 Å². The summed E-state index contributed by atoms with van der Waals surface area (Å²) >= 11 is 0. The Morgan fingerprint density at radius 2 is 2.16 bits per heavy atom. The predicted molar refractivity (Wildman–Crippen MR) is 85.0 cm³/mol. The van der Waals surface area contributed by atoms with Gasteiger partial charge in [-0.05, 0) is 24.3 Å². The van der Waals surface area contributed by atoms with Crippen molar-refractivity contribution in [1.82, 2.24) is 24.6 Å². The standard InChI is InChI=1S/C16H12F2N6O/c17-14(18)16-23-22-15(25-16)10-3-5-24-9-12(21-13(24)6-10)8-20-11-2-1-4-19-7-11/h1-7,9,14,20H,8H2. The molecule has 4 heterocycles. The predicted octanol–water partition coefficient (Wildman–Crippen LogP) is 3.33. The lowest BCUT2D eigenvalue weighted by atomic mass is 10.2. The molecular weight excluding hydrogens is 330 g/mol. The Balaban J connectivity index is 1.56. The molecule has 0 aliphatic carbocycles. The Kier molecular flexibility index (Phi) is 3.81. The number of alkyl halides is 2. The zero-order valence-electron chi connectivity index (χ0n) is 12.8. The highest BCUT2D eigenvalue weighted by Crippen LogP contribution is 2.24. The molecule has 0 aliphatic rings. The van der Waals surface area contributed by atoms with Crippen LogP contribution in [0.3, 0.4) is 0 Å². The van der Waals surface area contributed by atoms with Gasteiger partial charge in [-0.25, -0.2) is 4.98 Å². The van der Waals surface area contributed by atoms with Crippen LogP contribution in [0.4, 0.5) is 14.5 Å². The van der Waals surface area contributed by atoms with Gasteiger partial charge in [0.15, 0.2) is 0 Å². The Bertz CT molecular complexity index is 998. The smallest absolute Gasteiger partial charge is 0.314 e. The van der Waals surface area contributed by atoms with Crippen molar-refractivity contribution in [2.24, 2.45) is 0 Å². The summed E-state index contributed by atoms with van der Waals surface area (Å²) in [7, 11) is 0. The number of hydrogen-bond donors (Lipinski definition) is 1. The summed E-state index contributed by atoms with van der Waals surface area (Å²) in [4.78, 5) is 8.53. The summed E-state index contributed by atoms with van der Waals surface area (Å²) in [5.41, 5.74) is 2.90. The van der Waals surface area contributed by atoms with Gasteiger partial charge in [-0.3, -0.25) is 4.98 Å². The molecule has 9 heteroatoms. The molecule has 4 aromatic heterocycles. The monoisotopic (exact) mass is 342 g/mol. The maximum absolute atomic E-state index is 12.6. The average molecular weight is 342 g/mol. The molecule has 4 aromatic rings. The van der Waals surface area contributed by atoms with Gasteiger partial charge in [-0.1, -0.05) is 0 Å². The molecule has 0 saturated heterocycles. The lowest BCUT2D eigenvalue weighted by Gasteiger charge is -2.01. The molecule has 0 radical (unpaired) electrons. The van der Waals surface area contributed by atoms with Crippen LogP contribution in [0.15, 0.2) is 53.5 Å². The third kappa shape index (κ3) is 3.16. The summed E-state index contributed by atoms with van der Waals surface area (Å²) < 4.78 is 31.9. The maximum Gasteiger partial charge on any atom is 0.314 e. The summed E-state index contributed by atoms with van der Waals surface area (Å²) in [6.07, 6.45) is 4.28. The Hall–Kier alpha value is -3.36. The summed E-state index contributed by atoms with van der Waals surface area (Å²) in [6, 6.07) is 7.17. The highest BCUT2D eigenvalue weighted by atomic mass is 19.3. The molecule has 0 spiro atoms. The fourth-order valence-electron chi connectivity index (χ4n) is 2.35. The first-order valence-electron chi connectivity index (χ1n) is 7.42. The third-order valence-corrected chi connectivity index (χ3v) is 3.52. The molecule has 0 amide bonds. The van der Waals surface area contributed by atoms with Gasteiger partial charge in [0.1, 0.15) is 5.65 Å². The second-order valence-corrected chi connectivity index (χ2v) is 5.25. The van der Waals surface area contributed by atoms with E-state index in [2.05, 4.69) is 25.5 Å². The molecule has 0 bridgehead atoms. The summed E-state index contributed by atoms with van der Waals surface area (Å²) in [6.45, 7) is 0.527. The average Bonchev–Trinajstić information content (AvgIpc) is 3.27. The number of anilines is 1. The first-order chi connectivity index (χ1) is 12.2. The minimum Gasteiger partial charge on any atom is -0.415 e. The number of rotatable bonds is 5. The normalized spacial score (nSPS) is 11.3. The quantitative estimate of drug-likeness (QED) is 0.599. The Labute approximate surface area is 140 Å². The molecule has 7 nitrogen and oxygen atoms in total. The van der Waals surface area contributed by atoms with Crippen LogP contribution in [0.2, 0.25) is 0 Å². The minimum atomic E-state index is -2.79. The van der Waals surface area contributed by atoms with Crippen LogP contribution in [-0.2, 0) is 6.54 Å². The number of imidazole rings is 1. The molecule has 0 saturated carbocycles. The van der Waals surface area contributed by atoms with Crippen LogP contribution in [-0.4, -0.2) is 24.6 Å². The highest BCUT2D eigenvalue weighted by Gasteiger charge is 2.17. The van der Waals surface area contributed by atoms with Gasteiger partial charge >= 0.3 is 6.43 Å². The van der Waals surface area contributed by atoms with Crippen molar-refractivity contribution >= 4 is 11.3 Å². The van der Waals surface area contributed by atoms with E-state index in [0.29, 0.717) is 17.8 Å². The lowest BCUT2D eigenvalue weighted by molar-refractivity contribution is 0.116. The molecule has 0 aliphatic heterocycles. The number of pyridine rings is 2. The van der Waals surface area contributed by atoms with Crippen molar-refractivity contribution in [1.29, 1.82) is 0 Å². The minimum absolute atomic E-state index is 0.0378. The second-order valence-electron chi connectivity index (χ2n) is 5.25. The van der Waals surface area contributed by atoms with Crippen LogP contribution < -0.4 is 5.32 Å². The number of halogens is 2. The van der Waals surface area contributed by atoms with E-state index in [9.17, 15) is 8.78 Å². The second kappa shape index (κ2) is 6.27. The van der Waals surface area contributed by atoms with Gasteiger partial charge in [0.25, 0.3) is 5.89 Å². The van der Waals surface area contributed by atoms with Crippen LogP contribution in [0.1, 0.15) is 18.0 Å². The Morgan fingerprint density at radius 1 is 1.24 bits per heavy atom. The fraction of sp³-hybridized carbons (Fsp3) is 0.125. The fourth-order valence-corrected chi connectivity index (χ4v) is 2.35. The van der Waals surface area contributed by atoms with Crippen LogP contribution in [0.5, 0.6) is 0 Å². The van der Waals surface area contributed by atoms with Gasteiger partial charge in [0.05, 0.1) is 17.9 Å². The van der Waals surface area contributed by atoms with Crippen molar-refractivity contribution in [3.63, 3.8) is 0 Å². The molecule has 25 heavy (non-hydrogen) atoms. The van der Waals surface area contributed by atoms with E-state index in [-0.39, 0.29) is 5.89 Å². The van der Waals surface area contributed by atoms with Crippen molar-refractivity contribution in [2.75, 3.05) is 5.32 Å². The van der Waals surface area contributed by atoms with Crippen molar-refractivity contribution in [2.45, 2.75) is 13.0 Å². The van der Waals surface area contributed by atoms with Crippen LogP contribution >= 0.6 is 0 Å². The SMILES string of the molecule is FC(F)c1nnc(-c2ccn3cc(CNc4cccnc4)nc3c2)o1. The zero-order chi connectivity index (χ0) is 17.2. The topological polar surface area (TPSA) is 81.1 Å². The summed E-state index contributed by atoms with van der Waals surface area (Å²) in [5, 5.41) is 10.2. The van der Waals surface area contributed by atoms with Crippen LogP contribution in [0.25, 0.3) is 17.1 Å². The zero-order valence-corrected chi connectivity index (χ0v) is 12.8. The van der Waals surface area contributed by atoms with Crippen LogP contribution in [0, 0.1) is 0 Å². The largest absolute Gasteiger partial charge is 0.415 e. The number of aromatic nitrogens is 5. The molecule has 0 fully saturated rings. The number of nitrogens with zero attached hydrogens (tertiary/aromatic N) is 5. The summed E-state index contributed by atoms with van der Waals surface area (Å²) in [5.74, 6) is -0.657. The van der Waals surface area contributed by atoms with Gasteiger partial charge in [0, 0.05) is 30.4 Å². The maximum atomic E-state index is 12.6. The molecule has 0 atom stereocenters. The van der Waals surface area contributed by atoms with Crippen molar-refractivity contribution in [3.05, 3.63) is 60.6 Å². The van der Waals surface area contributed by atoms with E-state index in [1.54, 1.807) is 30.7 Å². The third-order valence-electron chi connectivity index (χ3n) is 3.52. The Morgan fingerprint density at radius 3 is 2.92 bits per heavy atom. The lowest BCUT2D eigenvalue weighted by Crippen LogP contribution is -1.99. The van der Waals surface area contributed by atoms with E-state index in [0.717, 1.165) is 11.4 Å². The first kappa shape index (κ1) is 15.2. The molecule has 0 aromatic carbocycles. The molecular formula is C16H12F2N6O. The van der Waals surface area contributed by atoms with Gasteiger partial charge in [-0.2, -0.15) is 8.78 Å². The molecule has 0 unspecified atom stereocenters. The van der Waals surface area contributed by atoms with Gasteiger partial charge in [-0.15, -0.1) is 10.2 Å². The van der Waals surface area contributed by atoms with E-state index < -0.39 is 12.3 Å². The number of nitrogens with one attached hydrogen (secondary N) is 1. The first-order valence-corrected chi connectivity index (χ1v) is 7.42. The van der Waals surface area contributed by atoms with Gasteiger partial charge < -0.3 is 14.1 Å². The van der Waals surface area contributed by atoms with E-state index in [4.69, 9.17) is 4.42 Å². The number of hydrogen-bond acceptors (Lipinski definition) is 6. The van der Waals surface area contributed by atoms with Crippen molar-refractivity contribution < 1.29 is 13.2 Å². The molecule has 126 valence electrons. The van der Waals surface area contributed by atoms with Crippen molar-refractivity contribution in [3.8, 4) is 11.5 Å². The molecule has 1 N–H and O–H groups in total. The highest BCUT2D eigenvalue weighted by molar-refractivity contribution is 5.60. The number of fused-ring (bicyclic) bond motifs is 1. The van der Waals surface area contributed by atoms with E-state index >= 15 is 0 Å². The molecule has 4 rings (SSSR count). The van der Waals surface area contributed by atoms with E-state index in [1.165, 1.54) is 0 Å².